The lowest BCUT2D eigenvalue weighted by Gasteiger charge is -2.36. The zero-order valence-electron chi connectivity index (χ0n) is 8.36. The molecule has 0 saturated carbocycles. The van der Waals surface area contributed by atoms with Crippen LogP contribution in [0.15, 0.2) is 0 Å². The fourth-order valence-electron chi connectivity index (χ4n) is 1.46. The van der Waals surface area contributed by atoms with Crippen molar-refractivity contribution >= 4 is 5.91 Å². The molecule has 16 heavy (non-hydrogen) atoms. The van der Waals surface area contributed by atoms with Crippen molar-refractivity contribution in [2.24, 2.45) is 0 Å². The average molecular weight is 243 g/mol. The van der Waals surface area contributed by atoms with Crippen LogP contribution in [0.5, 0.6) is 0 Å². The number of carbonyl (C=O) groups is 1. The van der Waals surface area contributed by atoms with Crippen LogP contribution in [-0.2, 0) is 9.53 Å². The number of alkyl halides is 3. The number of aliphatic hydroxyl groups excluding tert-OH is 2. The Morgan fingerprint density at radius 1 is 1.44 bits per heavy atom. The molecule has 0 aromatic carbocycles. The van der Waals surface area contributed by atoms with E-state index < -0.39 is 36.6 Å². The predicted molar refractivity (Wildman–Crippen MR) is 45.2 cm³/mol. The highest BCUT2D eigenvalue weighted by molar-refractivity contribution is 5.82. The third kappa shape index (κ3) is 3.06. The largest absolute Gasteiger partial charge is 0.471 e. The minimum atomic E-state index is -5.01. The molecule has 94 valence electrons. The van der Waals surface area contributed by atoms with Crippen molar-refractivity contribution < 1.29 is 32.9 Å². The molecule has 0 aliphatic carbocycles. The predicted octanol–water partition coefficient (Wildman–Crippen LogP) is -0.478. The molecular weight excluding hydrogens is 231 g/mol. The van der Waals surface area contributed by atoms with Crippen LogP contribution in [0.2, 0.25) is 0 Å². The molecule has 1 rings (SSSR count). The van der Waals surface area contributed by atoms with E-state index in [-0.39, 0.29) is 6.42 Å². The van der Waals surface area contributed by atoms with Crippen LogP contribution in [0.3, 0.4) is 0 Å². The third-order valence-corrected chi connectivity index (χ3v) is 2.29. The number of hydrogen-bond acceptors (Lipinski definition) is 4. The van der Waals surface area contributed by atoms with Gasteiger partial charge in [0.1, 0.15) is 6.10 Å². The van der Waals surface area contributed by atoms with Crippen molar-refractivity contribution in [2.45, 2.75) is 44.1 Å². The summed E-state index contributed by atoms with van der Waals surface area (Å²) in [6.45, 7) is 1.39. The fourth-order valence-corrected chi connectivity index (χ4v) is 1.46. The third-order valence-electron chi connectivity index (χ3n) is 2.29. The summed E-state index contributed by atoms with van der Waals surface area (Å²) in [5.74, 6) is -2.14. The molecule has 1 heterocycles. The van der Waals surface area contributed by atoms with Gasteiger partial charge in [0.05, 0.1) is 12.1 Å². The molecule has 1 aliphatic heterocycles. The minimum absolute atomic E-state index is 0.284. The van der Waals surface area contributed by atoms with E-state index in [0.717, 1.165) is 0 Å². The Balaban J connectivity index is 2.62. The Kier molecular flexibility index (Phi) is 3.76. The van der Waals surface area contributed by atoms with Crippen LogP contribution in [0, 0.1) is 0 Å². The summed E-state index contributed by atoms with van der Waals surface area (Å²) in [6, 6.07) is -1.17. The van der Waals surface area contributed by atoms with Gasteiger partial charge >= 0.3 is 12.1 Å². The molecule has 1 aliphatic rings. The van der Waals surface area contributed by atoms with Crippen molar-refractivity contribution in [2.75, 3.05) is 0 Å². The molecule has 1 amide bonds. The van der Waals surface area contributed by atoms with Crippen molar-refractivity contribution in [3.8, 4) is 0 Å². The van der Waals surface area contributed by atoms with E-state index in [0.29, 0.717) is 0 Å². The zero-order chi connectivity index (χ0) is 12.5. The standard InChI is InChI=1S/C8H12F3NO4/c1-3-6(14)4(2-5(13)16-3)12-7(15)8(9,10)11/h3-6,13-14H,2H2,1H3,(H,12,15)/t3-,4+,5+,6+/m1/s1. The second-order valence-electron chi connectivity index (χ2n) is 3.60. The van der Waals surface area contributed by atoms with Gasteiger partial charge in [0.15, 0.2) is 6.29 Å². The highest BCUT2D eigenvalue weighted by atomic mass is 19.4. The van der Waals surface area contributed by atoms with Crippen molar-refractivity contribution in [1.82, 2.24) is 5.32 Å². The zero-order valence-corrected chi connectivity index (χ0v) is 8.36. The van der Waals surface area contributed by atoms with Gasteiger partial charge in [-0.3, -0.25) is 4.79 Å². The van der Waals surface area contributed by atoms with Crippen LogP contribution in [0.4, 0.5) is 13.2 Å². The van der Waals surface area contributed by atoms with Gasteiger partial charge in [-0.05, 0) is 6.92 Å². The van der Waals surface area contributed by atoms with Gasteiger partial charge in [-0.2, -0.15) is 13.2 Å². The molecular formula is C8H12F3NO4. The Morgan fingerprint density at radius 2 is 2.00 bits per heavy atom. The molecule has 4 atom stereocenters. The molecule has 0 aromatic heterocycles. The molecule has 0 aromatic rings. The van der Waals surface area contributed by atoms with Crippen LogP contribution in [-0.4, -0.2) is 46.8 Å². The van der Waals surface area contributed by atoms with Gasteiger partial charge in [0.25, 0.3) is 0 Å². The SMILES string of the molecule is C[C@H]1O[C@H](O)C[C@H](NC(=O)C(F)(F)F)[C@H]1O. The lowest BCUT2D eigenvalue weighted by Crippen LogP contribution is -2.56. The lowest BCUT2D eigenvalue weighted by molar-refractivity contribution is -0.207. The average Bonchev–Trinajstić information content (AvgIpc) is 2.11. The number of carbonyl (C=O) groups excluding carboxylic acids is 1. The smallest absolute Gasteiger partial charge is 0.388 e. The van der Waals surface area contributed by atoms with Crippen LogP contribution < -0.4 is 5.32 Å². The number of rotatable bonds is 1. The number of ether oxygens (including phenoxy) is 1. The molecule has 5 nitrogen and oxygen atoms in total. The van der Waals surface area contributed by atoms with Crippen LogP contribution in [0.25, 0.3) is 0 Å². The summed E-state index contributed by atoms with van der Waals surface area (Å²) in [4.78, 5) is 10.6. The van der Waals surface area contributed by atoms with E-state index in [1.165, 1.54) is 6.92 Å². The van der Waals surface area contributed by atoms with Crippen molar-refractivity contribution in [3.05, 3.63) is 0 Å². The van der Waals surface area contributed by atoms with E-state index in [2.05, 4.69) is 0 Å². The number of nitrogens with one attached hydrogen (secondary N) is 1. The van der Waals surface area contributed by atoms with Crippen molar-refractivity contribution in [3.63, 3.8) is 0 Å². The first-order chi connectivity index (χ1) is 7.21. The highest BCUT2D eigenvalue weighted by Crippen LogP contribution is 2.21. The molecule has 0 spiro atoms. The molecule has 3 N–H and O–H groups in total. The van der Waals surface area contributed by atoms with E-state index in [4.69, 9.17) is 9.84 Å². The maximum Gasteiger partial charge on any atom is 0.471 e. The first-order valence-corrected chi connectivity index (χ1v) is 4.61. The van der Waals surface area contributed by atoms with E-state index >= 15 is 0 Å². The maximum absolute atomic E-state index is 11.9. The Hall–Kier alpha value is -0.860. The summed E-state index contributed by atoms with van der Waals surface area (Å²) in [7, 11) is 0. The number of amides is 1. The molecule has 8 heteroatoms. The Labute approximate surface area is 89.2 Å². The number of aliphatic hydroxyl groups is 2. The summed E-state index contributed by atoms with van der Waals surface area (Å²) >= 11 is 0. The van der Waals surface area contributed by atoms with Crippen LogP contribution in [0.1, 0.15) is 13.3 Å². The number of halogens is 3. The summed E-state index contributed by atoms with van der Waals surface area (Å²) in [5, 5.41) is 20.2. The molecule has 0 radical (unpaired) electrons. The van der Waals surface area contributed by atoms with Gasteiger partial charge < -0.3 is 20.3 Å². The highest BCUT2D eigenvalue weighted by Gasteiger charge is 2.43. The topological polar surface area (TPSA) is 78.8 Å². The van der Waals surface area contributed by atoms with Gasteiger partial charge in [-0.25, -0.2) is 0 Å². The first kappa shape index (κ1) is 13.2. The van der Waals surface area contributed by atoms with Crippen LogP contribution >= 0.6 is 0 Å². The molecule has 1 fully saturated rings. The first-order valence-electron chi connectivity index (χ1n) is 4.61. The van der Waals surface area contributed by atoms with E-state index in [9.17, 15) is 23.1 Å². The monoisotopic (exact) mass is 243 g/mol. The minimum Gasteiger partial charge on any atom is -0.388 e. The maximum atomic E-state index is 11.9. The molecule has 0 unspecified atom stereocenters. The van der Waals surface area contributed by atoms with Gasteiger partial charge in [-0.15, -0.1) is 0 Å². The second-order valence-corrected chi connectivity index (χ2v) is 3.60. The molecule has 1 saturated heterocycles. The normalized spacial score (nSPS) is 35.9. The van der Waals surface area contributed by atoms with Gasteiger partial charge in [-0.1, -0.05) is 0 Å². The lowest BCUT2D eigenvalue weighted by atomic mass is 9.99. The summed E-state index contributed by atoms with van der Waals surface area (Å²) < 4.78 is 40.6. The second kappa shape index (κ2) is 4.56. The quantitative estimate of drug-likeness (QED) is 0.581. The Morgan fingerprint density at radius 3 is 2.50 bits per heavy atom. The Bertz CT molecular complexity index is 270. The van der Waals surface area contributed by atoms with Gasteiger partial charge in [0, 0.05) is 6.42 Å². The summed E-state index contributed by atoms with van der Waals surface area (Å²) in [5.41, 5.74) is 0. The van der Waals surface area contributed by atoms with Crippen molar-refractivity contribution in [1.29, 1.82) is 0 Å². The summed E-state index contributed by atoms with van der Waals surface area (Å²) in [6.07, 6.45) is -8.71. The van der Waals surface area contributed by atoms with E-state index in [1.807, 2.05) is 0 Å². The van der Waals surface area contributed by atoms with Gasteiger partial charge in [0.2, 0.25) is 0 Å². The fraction of sp³-hybridized carbons (Fsp3) is 0.875. The number of hydrogen-bond donors (Lipinski definition) is 3. The van der Waals surface area contributed by atoms with E-state index in [1.54, 1.807) is 5.32 Å². The molecule has 0 bridgehead atoms.